The summed E-state index contributed by atoms with van der Waals surface area (Å²) in [5.74, 6) is 1.02. The summed E-state index contributed by atoms with van der Waals surface area (Å²) in [5.41, 5.74) is 0.209. The molecule has 1 N–H and O–H groups in total. The van der Waals surface area contributed by atoms with E-state index in [4.69, 9.17) is 4.74 Å². The molecule has 1 aromatic heterocycles. The third-order valence-corrected chi connectivity index (χ3v) is 4.61. The second-order valence-electron chi connectivity index (χ2n) is 7.35. The first-order valence-corrected chi connectivity index (χ1v) is 8.18. The molecule has 0 spiro atoms. The fraction of sp³-hybridized carbons (Fsp3) is 0.722. The zero-order chi connectivity index (χ0) is 15.5. The van der Waals surface area contributed by atoms with Crippen LogP contribution in [0.25, 0.3) is 0 Å². The molecule has 1 aromatic rings. The number of aliphatic hydroxyl groups is 1. The first kappa shape index (κ1) is 16.3. The molecular formula is C18H29NO2. The molecule has 0 radical (unpaired) electrons. The van der Waals surface area contributed by atoms with Crippen molar-refractivity contribution in [3.8, 4) is 5.75 Å². The molecule has 2 unspecified atom stereocenters. The largest absolute Gasteiger partial charge is 0.492 e. The van der Waals surface area contributed by atoms with Crippen LogP contribution in [0.1, 0.15) is 65.4 Å². The van der Waals surface area contributed by atoms with Crippen LogP contribution in [0.3, 0.4) is 0 Å². The lowest BCUT2D eigenvalue weighted by Crippen LogP contribution is -2.44. The lowest BCUT2D eigenvalue weighted by atomic mass is 9.62. The fourth-order valence-corrected chi connectivity index (χ4v) is 3.61. The first-order valence-electron chi connectivity index (χ1n) is 8.18. The lowest BCUT2D eigenvalue weighted by Gasteiger charge is -2.47. The predicted octanol–water partition coefficient (Wildman–Crippen LogP) is 4.29. The zero-order valence-electron chi connectivity index (χ0n) is 13.9. The molecule has 3 heteroatoms. The van der Waals surface area contributed by atoms with Crippen LogP contribution in [0.2, 0.25) is 0 Å². The monoisotopic (exact) mass is 291 g/mol. The molecule has 1 aliphatic rings. The summed E-state index contributed by atoms with van der Waals surface area (Å²) in [6.07, 6.45) is 8.67. The Bertz CT molecular complexity index is 467. The smallest absolute Gasteiger partial charge is 0.137 e. The molecule has 0 bridgehead atoms. The van der Waals surface area contributed by atoms with Gasteiger partial charge in [0.15, 0.2) is 0 Å². The second-order valence-corrected chi connectivity index (χ2v) is 7.35. The van der Waals surface area contributed by atoms with Gasteiger partial charge in [-0.2, -0.15) is 0 Å². The van der Waals surface area contributed by atoms with Crippen molar-refractivity contribution in [3.05, 3.63) is 24.0 Å². The number of hydrogen-bond acceptors (Lipinski definition) is 3. The van der Waals surface area contributed by atoms with Gasteiger partial charge in [0.05, 0.1) is 18.4 Å². The number of aromatic nitrogens is 1. The van der Waals surface area contributed by atoms with Crippen molar-refractivity contribution >= 4 is 0 Å². The molecule has 1 heterocycles. The molecule has 0 saturated heterocycles. The van der Waals surface area contributed by atoms with E-state index in [0.29, 0.717) is 6.61 Å². The quantitative estimate of drug-likeness (QED) is 0.899. The first-order chi connectivity index (χ1) is 9.88. The standard InChI is InChI=1S/C18H29NO2/c1-5-10-21-15-11-14(12-19-13-15)18(20)9-7-6-8-16(18)17(2,3)4/h11-13,16,20H,5-10H2,1-4H3. The van der Waals surface area contributed by atoms with Crippen molar-refractivity contribution in [1.82, 2.24) is 4.98 Å². The Morgan fingerprint density at radius 3 is 2.76 bits per heavy atom. The van der Waals surface area contributed by atoms with Crippen molar-refractivity contribution in [1.29, 1.82) is 0 Å². The maximum absolute atomic E-state index is 11.4. The Labute approximate surface area is 128 Å². The van der Waals surface area contributed by atoms with Gasteiger partial charge in [0.1, 0.15) is 5.75 Å². The number of rotatable bonds is 4. The summed E-state index contributed by atoms with van der Waals surface area (Å²) >= 11 is 0. The van der Waals surface area contributed by atoms with E-state index < -0.39 is 5.60 Å². The second kappa shape index (κ2) is 6.35. The fourth-order valence-electron chi connectivity index (χ4n) is 3.61. The average Bonchev–Trinajstić information content (AvgIpc) is 2.44. The molecule has 1 aliphatic carbocycles. The van der Waals surface area contributed by atoms with E-state index in [2.05, 4.69) is 32.7 Å². The topological polar surface area (TPSA) is 42.4 Å². The summed E-state index contributed by atoms with van der Waals surface area (Å²) in [7, 11) is 0. The van der Waals surface area contributed by atoms with Crippen LogP contribution in [0.4, 0.5) is 0 Å². The summed E-state index contributed by atoms with van der Waals surface area (Å²) in [5, 5.41) is 11.4. The van der Waals surface area contributed by atoms with Gasteiger partial charge in [-0.05, 0) is 36.7 Å². The highest BCUT2D eigenvalue weighted by molar-refractivity contribution is 5.29. The minimum absolute atomic E-state index is 0.0788. The van der Waals surface area contributed by atoms with E-state index in [1.807, 2.05) is 12.3 Å². The van der Waals surface area contributed by atoms with E-state index in [9.17, 15) is 5.11 Å². The van der Waals surface area contributed by atoms with Crippen molar-refractivity contribution < 1.29 is 9.84 Å². The molecule has 2 atom stereocenters. The van der Waals surface area contributed by atoms with Crippen LogP contribution in [-0.4, -0.2) is 16.7 Å². The Morgan fingerprint density at radius 2 is 2.10 bits per heavy atom. The number of ether oxygens (including phenoxy) is 1. The zero-order valence-corrected chi connectivity index (χ0v) is 13.9. The molecule has 21 heavy (non-hydrogen) atoms. The van der Waals surface area contributed by atoms with Gasteiger partial charge < -0.3 is 9.84 Å². The van der Waals surface area contributed by atoms with E-state index in [1.54, 1.807) is 6.20 Å². The summed E-state index contributed by atoms with van der Waals surface area (Å²) in [4.78, 5) is 4.29. The molecule has 2 rings (SSSR count). The highest BCUT2D eigenvalue weighted by Gasteiger charge is 2.46. The number of hydrogen-bond donors (Lipinski definition) is 1. The summed E-state index contributed by atoms with van der Waals surface area (Å²) in [6.45, 7) is 9.43. The van der Waals surface area contributed by atoms with Gasteiger partial charge >= 0.3 is 0 Å². The van der Waals surface area contributed by atoms with Crippen LogP contribution in [0, 0.1) is 11.3 Å². The summed E-state index contributed by atoms with van der Waals surface area (Å²) in [6, 6.07) is 1.98. The SMILES string of the molecule is CCCOc1cncc(C2(O)CCCCC2C(C)(C)C)c1. The third kappa shape index (κ3) is 3.57. The van der Waals surface area contributed by atoms with Crippen LogP contribution in [-0.2, 0) is 5.60 Å². The van der Waals surface area contributed by atoms with Gasteiger partial charge in [-0.15, -0.1) is 0 Å². The highest BCUT2D eigenvalue weighted by atomic mass is 16.5. The Kier molecular flexibility index (Phi) is 4.92. The van der Waals surface area contributed by atoms with Crippen molar-refractivity contribution in [3.63, 3.8) is 0 Å². The van der Waals surface area contributed by atoms with Gasteiger partial charge in [-0.25, -0.2) is 0 Å². The average molecular weight is 291 g/mol. The Balaban J connectivity index is 2.32. The van der Waals surface area contributed by atoms with Gasteiger partial charge in [-0.1, -0.05) is 40.5 Å². The van der Waals surface area contributed by atoms with Crippen molar-refractivity contribution in [2.24, 2.45) is 11.3 Å². The van der Waals surface area contributed by atoms with Crippen molar-refractivity contribution in [2.75, 3.05) is 6.61 Å². The maximum atomic E-state index is 11.4. The molecule has 118 valence electrons. The van der Waals surface area contributed by atoms with E-state index >= 15 is 0 Å². The molecule has 0 aliphatic heterocycles. The van der Waals surface area contributed by atoms with Crippen molar-refractivity contribution in [2.45, 2.75) is 65.4 Å². The highest BCUT2D eigenvalue weighted by Crippen LogP contribution is 2.49. The molecule has 1 fully saturated rings. The van der Waals surface area contributed by atoms with Gasteiger partial charge in [0.25, 0.3) is 0 Å². The van der Waals surface area contributed by atoms with E-state index in [-0.39, 0.29) is 11.3 Å². The minimum Gasteiger partial charge on any atom is -0.492 e. The Hall–Kier alpha value is -1.09. The van der Waals surface area contributed by atoms with Crippen LogP contribution >= 0.6 is 0 Å². The number of pyridine rings is 1. The molecule has 0 aromatic carbocycles. The van der Waals surface area contributed by atoms with Gasteiger partial charge in [0, 0.05) is 11.8 Å². The van der Waals surface area contributed by atoms with Crippen LogP contribution < -0.4 is 4.74 Å². The molecule has 0 amide bonds. The predicted molar refractivity (Wildman–Crippen MR) is 85.3 cm³/mol. The normalized spacial score (nSPS) is 26.6. The lowest BCUT2D eigenvalue weighted by molar-refractivity contribution is -0.0962. The van der Waals surface area contributed by atoms with Gasteiger partial charge in [-0.3, -0.25) is 4.98 Å². The third-order valence-electron chi connectivity index (χ3n) is 4.61. The van der Waals surface area contributed by atoms with Crippen LogP contribution in [0.15, 0.2) is 18.5 Å². The molecule has 1 saturated carbocycles. The minimum atomic E-state index is -0.783. The maximum Gasteiger partial charge on any atom is 0.137 e. The summed E-state index contributed by atoms with van der Waals surface area (Å²) < 4.78 is 5.68. The Morgan fingerprint density at radius 1 is 1.33 bits per heavy atom. The van der Waals surface area contributed by atoms with E-state index in [1.165, 1.54) is 6.42 Å². The van der Waals surface area contributed by atoms with Gasteiger partial charge in [0.2, 0.25) is 0 Å². The van der Waals surface area contributed by atoms with E-state index in [0.717, 1.165) is 37.0 Å². The number of nitrogens with zero attached hydrogens (tertiary/aromatic N) is 1. The molecular weight excluding hydrogens is 262 g/mol. The molecule has 3 nitrogen and oxygen atoms in total. The van der Waals surface area contributed by atoms with Crippen LogP contribution in [0.5, 0.6) is 5.75 Å².